The molecule has 1 aromatic carbocycles. The molecule has 100 valence electrons. The minimum atomic E-state index is 0.864. The van der Waals surface area contributed by atoms with E-state index in [2.05, 4.69) is 45.9 Å². The molecule has 19 heavy (non-hydrogen) atoms. The highest BCUT2D eigenvalue weighted by Gasteiger charge is 2.10. The van der Waals surface area contributed by atoms with E-state index in [1.807, 2.05) is 19.2 Å². The molecule has 0 aliphatic carbocycles. The minimum Gasteiger partial charge on any atom is -0.373 e. The minimum absolute atomic E-state index is 0.864. The fraction of sp³-hybridized carbons (Fsp3) is 0.286. The van der Waals surface area contributed by atoms with Crippen LogP contribution in [0.3, 0.4) is 0 Å². The Bertz CT molecular complexity index is 557. The number of hydrogen-bond acceptors (Lipinski definition) is 5. The van der Waals surface area contributed by atoms with Crippen LogP contribution in [0, 0.1) is 0 Å². The number of thioether (sulfide) groups is 1. The number of nitrogens with zero attached hydrogens (tertiary/aromatic N) is 2. The van der Waals surface area contributed by atoms with Crippen molar-refractivity contribution in [2.24, 2.45) is 0 Å². The first-order valence-corrected chi connectivity index (χ1v) is 7.44. The molecule has 0 spiro atoms. The highest BCUT2D eigenvalue weighted by Crippen LogP contribution is 2.29. The Kier molecular flexibility index (Phi) is 4.63. The number of hydrogen-bond donors (Lipinski definition) is 2. The summed E-state index contributed by atoms with van der Waals surface area (Å²) in [6.45, 7) is 2.10. The van der Waals surface area contributed by atoms with Crippen molar-refractivity contribution < 1.29 is 0 Å². The Hall–Kier alpha value is -1.75. The monoisotopic (exact) mass is 274 g/mol. The van der Waals surface area contributed by atoms with E-state index < -0.39 is 0 Å². The molecule has 0 fully saturated rings. The topological polar surface area (TPSA) is 49.8 Å². The first-order valence-electron chi connectivity index (χ1n) is 6.21. The van der Waals surface area contributed by atoms with Gasteiger partial charge in [0.15, 0.2) is 0 Å². The fourth-order valence-electron chi connectivity index (χ4n) is 1.95. The zero-order valence-electron chi connectivity index (χ0n) is 11.4. The molecule has 0 bridgehead atoms. The molecule has 0 aliphatic rings. The number of anilines is 3. The van der Waals surface area contributed by atoms with Gasteiger partial charge >= 0.3 is 0 Å². The Morgan fingerprint density at radius 2 is 1.89 bits per heavy atom. The Morgan fingerprint density at radius 3 is 2.58 bits per heavy atom. The summed E-state index contributed by atoms with van der Waals surface area (Å²) < 4.78 is 0. The van der Waals surface area contributed by atoms with Gasteiger partial charge in [0.1, 0.15) is 18.0 Å². The molecule has 0 aliphatic heterocycles. The van der Waals surface area contributed by atoms with Crippen molar-refractivity contribution in [3.05, 3.63) is 36.2 Å². The molecule has 0 saturated heterocycles. The fourth-order valence-corrected chi connectivity index (χ4v) is 2.50. The zero-order valence-corrected chi connectivity index (χ0v) is 12.2. The molecule has 2 aromatic rings. The highest BCUT2D eigenvalue weighted by atomic mass is 32.2. The second kappa shape index (κ2) is 6.43. The number of rotatable bonds is 5. The molecule has 2 N–H and O–H groups in total. The third kappa shape index (κ3) is 2.98. The average molecular weight is 274 g/mol. The third-order valence-electron chi connectivity index (χ3n) is 2.90. The van der Waals surface area contributed by atoms with Gasteiger partial charge in [0, 0.05) is 17.5 Å². The Morgan fingerprint density at radius 1 is 1.16 bits per heavy atom. The van der Waals surface area contributed by atoms with Gasteiger partial charge in [-0.1, -0.05) is 19.1 Å². The van der Waals surface area contributed by atoms with Gasteiger partial charge in [-0.15, -0.1) is 11.8 Å². The number of aromatic nitrogens is 2. The molecule has 0 radical (unpaired) electrons. The van der Waals surface area contributed by atoms with Gasteiger partial charge in [-0.25, -0.2) is 9.97 Å². The molecular weight excluding hydrogens is 256 g/mol. The SMILES string of the molecule is CCc1c(NC)ncnc1Nc1ccccc1SC. The molecule has 1 aromatic heterocycles. The van der Waals surface area contributed by atoms with Crippen LogP contribution in [0.25, 0.3) is 0 Å². The van der Waals surface area contributed by atoms with Gasteiger partial charge in [0.25, 0.3) is 0 Å². The highest BCUT2D eigenvalue weighted by molar-refractivity contribution is 7.98. The second-order valence-electron chi connectivity index (χ2n) is 3.98. The van der Waals surface area contributed by atoms with Gasteiger partial charge in [-0.2, -0.15) is 0 Å². The summed E-state index contributed by atoms with van der Waals surface area (Å²) >= 11 is 1.72. The molecule has 4 nitrogen and oxygen atoms in total. The van der Waals surface area contributed by atoms with E-state index in [-0.39, 0.29) is 0 Å². The van der Waals surface area contributed by atoms with Crippen molar-refractivity contribution in [2.75, 3.05) is 23.9 Å². The lowest BCUT2D eigenvalue weighted by atomic mass is 10.2. The lowest BCUT2D eigenvalue weighted by Gasteiger charge is -2.14. The van der Waals surface area contributed by atoms with Crippen molar-refractivity contribution in [1.29, 1.82) is 0 Å². The largest absolute Gasteiger partial charge is 0.373 e. The summed E-state index contributed by atoms with van der Waals surface area (Å²) in [5.41, 5.74) is 2.17. The number of benzene rings is 1. The van der Waals surface area contributed by atoms with Gasteiger partial charge in [0.05, 0.1) is 5.69 Å². The standard InChI is InChI=1S/C14H18N4S/c1-4-10-13(15-2)16-9-17-14(10)18-11-7-5-6-8-12(11)19-3/h5-9H,4H2,1-3H3,(H2,15,16,17,18). The van der Waals surface area contributed by atoms with E-state index in [1.54, 1.807) is 18.1 Å². The van der Waals surface area contributed by atoms with E-state index in [1.165, 1.54) is 4.90 Å². The van der Waals surface area contributed by atoms with Gasteiger partial charge in [0.2, 0.25) is 0 Å². The van der Waals surface area contributed by atoms with E-state index >= 15 is 0 Å². The van der Waals surface area contributed by atoms with E-state index in [4.69, 9.17) is 0 Å². The molecule has 0 atom stereocenters. The maximum Gasteiger partial charge on any atom is 0.139 e. The summed E-state index contributed by atoms with van der Waals surface area (Å²) in [5, 5.41) is 6.51. The number of nitrogens with one attached hydrogen (secondary N) is 2. The normalized spacial score (nSPS) is 10.3. The predicted molar refractivity (Wildman–Crippen MR) is 82.5 cm³/mol. The van der Waals surface area contributed by atoms with Crippen LogP contribution in [0.15, 0.2) is 35.5 Å². The summed E-state index contributed by atoms with van der Waals surface area (Å²) in [4.78, 5) is 9.81. The summed E-state index contributed by atoms with van der Waals surface area (Å²) in [5.74, 6) is 1.74. The first kappa shape index (κ1) is 13.7. The Balaban J connectivity index is 2.38. The maximum atomic E-state index is 4.36. The molecule has 1 heterocycles. The number of para-hydroxylation sites is 1. The second-order valence-corrected chi connectivity index (χ2v) is 4.83. The smallest absolute Gasteiger partial charge is 0.139 e. The van der Waals surface area contributed by atoms with Crippen LogP contribution in [-0.2, 0) is 6.42 Å². The van der Waals surface area contributed by atoms with Crippen molar-refractivity contribution in [2.45, 2.75) is 18.2 Å². The van der Waals surface area contributed by atoms with Gasteiger partial charge in [-0.3, -0.25) is 0 Å². The molecule has 0 amide bonds. The van der Waals surface area contributed by atoms with Gasteiger partial charge in [-0.05, 0) is 24.8 Å². The third-order valence-corrected chi connectivity index (χ3v) is 3.69. The van der Waals surface area contributed by atoms with E-state index in [9.17, 15) is 0 Å². The van der Waals surface area contributed by atoms with Crippen LogP contribution in [0.5, 0.6) is 0 Å². The van der Waals surface area contributed by atoms with Gasteiger partial charge < -0.3 is 10.6 Å². The van der Waals surface area contributed by atoms with E-state index in [0.29, 0.717) is 0 Å². The van der Waals surface area contributed by atoms with Crippen LogP contribution in [-0.4, -0.2) is 23.3 Å². The lowest BCUT2D eigenvalue weighted by molar-refractivity contribution is 1.05. The maximum absolute atomic E-state index is 4.36. The summed E-state index contributed by atoms with van der Waals surface area (Å²) in [7, 11) is 1.88. The predicted octanol–water partition coefficient (Wildman–Crippen LogP) is 3.55. The van der Waals surface area contributed by atoms with Crippen molar-refractivity contribution in [3.63, 3.8) is 0 Å². The van der Waals surface area contributed by atoms with Crippen LogP contribution in [0.2, 0.25) is 0 Å². The molecule has 2 rings (SSSR count). The van der Waals surface area contributed by atoms with Crippen LogP contribution < -0.4 is 10.6 Å². The van der Waals surface area contributed by atoms with Crippen LogP contribution in [0.4, 0.5) is 17.3 Å². The molecule has 0 saturated carbocycles. The average Bonchev–Trinajstić information content (AvgIpc) is 2.47. The van der Waals surface area contributed by atoms with E-state index in [0.717, 1.165) is 29.3 Å². The van der Waals surface area contributed by atoms with Crippen molar-refractivity contribution in [1.82, 2.24) is 9.97 Å². The van der Waals surface area contributed by atoms with Crippen LogP contribution >= 0.6 is 11.8 Å². The van der Waals surface area contributed by atoms with Crippen molar-refractivity contribution >= 4 is 29.1 Å². The quantitative estimate of drug-likeness (QED) is 0.817. The Labute approximate surface area is 118 Å². The lowest BCUT2D eigenvalue weighted by Crippen LogP contribution is -2.05. The van der Waals surface area contributed by atoms with Crippen LogP contribution in [0.1, 0.15) is 12.5 Å². The molecule has 0 unspecified atom stereocenters. The summed E-state index contributed by atoms with van der Waals surface area (Å²) in [6.07, 6.45) is 4.52. The van der Waals surface area contributed by atoms with Crippen molar-refractivity contribution in [3.8, 4) is 0 Å². The summed E-state index contributed by atoms with van der Waals surface area (Å²) in [6, 6.07) is 8.22. The molecule has 5 heteroatoms. The first-order chi connectivity index (χ1) is 9.30. The zero-order chi connectivity index (χ0) is 13.7. The molecular formula is C14H18N4S.